The van der Waals surface area contributed by atoms with Crippen LogP contribution in [-0.4, -0.2) is 39.3 Å². The zero-order valence-electron chi connectivity index (χ0n) is 14.9. The number of benzene rings is 1. The van der Waals surface area contributed by atoms with Gasteiger partial charge in [0.1, 0.15) is 0 Å². The average Bonchev–Trinajstić information content (AvgIpc) is 3.23. The molecule has 2 aromatic heterocycles. The molecule has 6 nitrogen and oxygen atoms in total. The summed E-state index contributed by atoms with van der Waals surface area (Å²) in [5.41, 5.74) is 2.16. The van der Waals surface area contributed by atoms with Gasteiger partial charge in [-0.1, -0.05) is 24.3 Å². The number of pyridine rings is 1. The largest absolute Gasteiger partial charge is 0.337 e. The SMILES string of the molecule is CN(Cc1cccc2cccnc12)C(=O)NCC1(Cn2cccn2)CC1. The van der Waals surface area contributed by atoms with Gasteiger partial charge in [-0.2, -0.15) is 5.10 Å². The third-order valence-electron chi connectivity index (χ3n) is 5.10. The van der Waals surface area contributed by atoms with Crippen molar-refractivity contribution in [1.82, 2.24) is 25.0 Å². The fraction of sp³-hybridized carbons (Fsp3) is 0.350. The third-order valence-corrected chi connectivity index (χ3v) is 5.10. The lowest BCUT2D eigenvalue weighted by atomic mass is 10.1. The van der Waals surface area contributed by atoms with Crippen molar-refractivity contribution in [2.45, 2.75) is 25.9 Å². The summed E-state index contributed by atoms with van der Waals surface area (Å²) in [7, 11) is 1.82. The Morgan fingerprint density at radius 1 is 1.23 bits per heavy atom. The number of amides is 2. The van der Waals surface area contributed by atoms with Gasteiger partial charge >= 0.3 is 6.03 Å². The van der Waals surface area contributed by atoms with Crippen LogP contribution in [0.4, 0.5) is 4.79 Å². The van der Waals surface area contributed by atoms with Gasteiger partial charge in [-0.15, -0.1) is 0 Å². The molecule has 2 heterocycles. The molecule has 3 aromatic rings. The number of hydrogen-bond acceptors (Lipinski definition) is 3. The van der Waals surface area contributed by atoms with E-state index < -0.39 is 0 Å². The topological polar surface area (TPSA) is 63.1 Å². The van der Waals surface area contributed by atoms with E-state index in [2.05, 4.69) is 15.4 Å². The third kappa shape index (κ3) is 3.54. The number of nitrogens with one attached hydrogen (secondary N) is 1. The van der Waals surface area contributed by atoms with Gasteiger partial charge in [-0.05, 0) is 30.5 Å². The maximum Gasteiger partial charge on any atom is 0.317 e. The van der Waals surface area contributed by atoms with Crippen LogP contribution < -0.4 is 5.32 Å². The van der Waals surface area contributed by atoms with Crippen molar-refractivity contribution in [3.05, 3.63) is 60.6 Å². The number of carbonyl (C=O) groups is 1. The molecule has 0 saturated heterocycles. The van der Waals surface area contributed by atoms with Gasteiger partial charge in [0.2, 0.25) is 0 Å². The van der Waals surface area contributed by atoms with Crippen LogP contribution in [0.3, 0.4) is 0 Å². The number of rotatable bonds is 6. The predicted molar refractivity (Wildman–Crippen MR) is 101 cm³/mol. The van der Waals surface area contributed by atoms with Crippen LogP contribution in [-0.2, 0) is 13.1 Å². The highest BCUT2D eigenvalue weighted by molar-refractivity contribution is 5.82. The summed E-state index contributed by atoms with van der Waals surface area (Å²) in [5, 5.41) is 8.46. The molecule has 0 unspecified atom stereocenters. The first-order valence-electron chi connectivity index (χ1n) is 8.94. The van der Waals surface area contributed by atoms with Gasteiger partial charge < -0.3 is 10.2 Å². The van der Waals surface area contributed by atoms with E-state index in [1.165, 1.54) is 0 Å². The number of para-hydroxylation sites is 1. The Bertz CT molecular complexity index is 896. The van der Waals surface area contributed by atoms with Gasteiger partial charge in [-0.3, -0.25) is 9.67 Å². The number of aromatic nitrogens is 3. The van der Waals surface area contributed by atoms with Crippen LogP contribution in [0.25, 0.3) is 10.9 Å². The first-order valence-corrected chi connectivity index (χ1v) is 8.94. The van der Waals surface area contributed by atoms with E-state index in [-0.39, 0.29) is 11.4 Å². The summed E-state index contributed by atoms with van der Waals surface area (Å²) < 4.78 is 1.95. The van der Waals surface area contributed by atoms with Gasteiger partial charge in [0.05, 0.1) is 5.52 Å². The van der Waals surface area contributed by atoms with Crippen molar-refractivity contribution in [1.29, 1.82) is 0 Å². The summed E-state index contributed by atoms with van der Waals surface area (Å²) in [6.45, 7) is 2.08. The lowest BCUT2D eigenvalue weighted by molar-refractivity contribution is 0.203. The fourth-order valence-corrected chi connectivity index (χ4v) is 3.33. The number of carbonyl (C=O) groups excluding carboxylic acids is 1. The molecule has 0 atom stereocenters. The Morgan fingerprint density at radius 3 is 2.85 bits per heavy atom. The van der Waals surface area contributed by atoms with Gasteiger partial charge in [0, 0.05) is 56.1 Å². The normalized spacial score (nSPS) is 15.0. The van der Waals surface area contributed by atoms with Crippen LogP contribution in [0.2, 0.25) is 0 Å². The van der Waals surface area contributed by atoms with E-state index in [1.54, 1.807) is 17.3 Å². The molecule has 6 heteroatoms. The Labute approximate surface area is 152 Å². The Balaban J connectivity index is 1.36. The van der Waals surface area contributed by atoms with E-state index >= 15 is 0 Å². The molecule has 1 aromatic carbocycles. The molecule has 26 heavy (non-hydrogen) atoms. The summed E-state index contributed by atoms with van der Waals surface area (Å²) in [5.74, 6) is 0. The Hall–Kier alpha value is -2.89. The van der Waals surface area contributed by atoms with E-state index in [9.17, 15) is 4.79 Å². The standard InChI is InChI=1S/C20H23N5O/c1-24(13-17-6-2-5-16-7-3-10-21-18(16)17)19(26)22-14-20(8-9-20)15-25-12-4-11-23-25/h2-7,10-12H,8-9,13-15H2,1H3,(H,22,26). The molecule has 1 aliphatic rings. The van der Waals surface area contributed by atoms with E-state index in [4.69, 9.17) is 0 Å². The van der Waals surface area contributed by atoms with Crippen LogP contribution in [0.15, 0.2) is 55.0 Å². The van der Waals surface area contributed by atoms with Crippen molar-refractivity contribution in [3.8, 4) is 0 Å². The van der Waals surface area contributed by atoms with Gasteiger partial charge in [0.25, 0.3) is 0 Å². The molecule has 134 valence electrons. The monoisotopic (exact) mass is 349 g/mol. The molecule has 0 radical (unpaired) electrons. The molecule has 0 aliphatic heterocycles. The molecule has 0 spiro atoms. The van der Waals surface area contributed by atoms with Crippen LogP contribution in [0.1, 0.15) is 18.4 Å². The van der Waals surface area contributed by atoms with Crippen LogP contribution in [0, 0.1) is 5.41 Å². The second-order valence-corrected chi connectivity index (χ2v) is 7.21. The number of urea groups is 1. The first kappa shape index (κ1) is 16.6. The predicted octanol–water partition coefficient (Wildman–Crippen LogP) is 3.05. The van der Waals surface area contributed by atoms with Crippen molar-refractivity contribution in [2.24, 2.45) is 5.41 Å². The lowest BCUT2D eigenvalue weighted by Gasteiger charge is -2.21. The molecular weight excluding hydrogens is 326 g/mol. The summed E-state index contributed by atoms with van der Waals surface area (Å²) in [6.07, 6.45) is 7.81. The first-order chi connectivity index (χ1) is 12.7. The molecule has 1 saturated carbocycles. The molecule has 1 aliphatic carbocycles. The second-order valence-electron chi connectivity index (χ2n) is 7.21. The van der Waals surface area contributed by atoms with Crippen molar-refractivity contribution >= 4 is 16.9 Å². The van der Waals surface area contributed by atoms with E-state index in [0.717, 1.165) is 35.9 Å². The minimum absolute atomic E-state index is 0.0512. The average molecular weight is 349 g/mol. The number of nitrogens with zero attached hydrogens (tertiary/aromatic N) is 4. The Morgan fingerprint density at radius 2 is 2.08 bits per heavy atom. The summed E-state index contributed by atoms with van der Waals surface area (Å²) in [4.78, 5) is 18.7. The minimum atomic E-state index is -0.0512. The second kappa shape index (κ2) is 6.78. The molecule has 2 amide bonds. The van der Waals surface area contributed by atoms with Gasteiger partial charge in [-0.25, -0.2) is 4.79 Å². The van der Waals surface area contributed by atoms with Crippen LogP contribution in [0.5, 0.6) is 0 Å². The van der Waals surface area contributed by atoms with Crippen molar-refractivity contribution in [3.63, 3.8) is 0 Å². The highest BCUT2D eigenvalue weighted by Gasteiger charge is 2.43. The zero-order valence-corrected chi connectivity index (χ0v) is 14.9. The summed E-state index contributed by atoms with van der Waals surface area (Å²) in [6, 6.07) is 11.9. The van der Waals surface area contributed by atoms with Crippen LogP contribution >= 0.6 is 0 Å². The highest BCUT2D eigenvalue weighted by Crippen LogP contribution is 2.46. The molecule has 1 N–H and O–H groups in total. The van der Waals surface area contributed by atoms with Crippen molar-refractivity contribution < 1.29 is 4.79 Å². The Kier molecular flexibility index (Phi) is 4.32. The van der Waals surface area contributed by atoms with Gasteiger partial charge in [0.15, 0.2) is 0 Å². The quantitative estimate of drug-likeness (QED) is 0.744. The number of hydrogen-bond donors (Lipinski definition) is 1. The van der Waals surface area contributed by atoms with Crippen molar-refractivity contribution in [2.75, 3.05) is 13.6 Å². The van der Waals surface area contributed by atoms with E-state index in [0.29, 0.717) is 13.1 Å². The lowest BCUT2D eigenvalue weighted by Crippen LogP contribution is -2.40. The maximum atomic E-state index is 12.5. The zero-order chi connectivity index (χ0) is 18.0. The smallest absolute Gasteiger partial charge is 0.317 e. The molecular formula is C20H23N5O. The highest BCUT2D eigenvalue weighted by atomic mass is 16.2. The minimum Gasteiger partial charge on any atom is -0.337 e. The fourth-order valence-electron chi connectivity index (χ4n) is 3.33. The van der Waals surface area contributed by atoms with E-state index in [1.807, 2.05) is 54.3 Å². The molecule has 1 fully saturated rings. The maximum absolute atomic E-state index is 12.5. The molecule has 0 bridgehead atoms. The molecule has 4 rings (SSSR count). The summed E-state index contributed by atoms with van der Waals surface area (Å²) >= 11 is 0. The number of fused-ring (bicyclic) bond motifs is 1.